The number of rotatable bonds is 2. The van der Waals surface area contributed by atoms with Crippen molar-refractivity contribution in [3.63, 3.8) is 0 Å². The highest BCUT2D eigenvalue weighted by Crippen LogP contribution is 2.31. The molecule has 1 heterocycles. The minimum atomic E-state index is -3.62. The fourth-order valence-electron chi connectivity index (χ4n) is 2.78. The smallest absolute Gasteiger partial charge is 0.239 e. The maximum absolute atomic E-state index is 13.0. The average Bonchev–Trinajstić information content (AvgIpc) is 2.42. The van der Waals surface area contributed by atoms with E-state index in [9.17, 15) is 13.2 Å². The van der Waals surface area contributed by atoms with Gasteiger partial charge < -0.3 is 5.32 Å². The molecule has 1 N–H and O–H groups in total. The number of benzene rings is 1. The monoisotopic (exact) mass is 352 g/mol. The summed E-state index contributed by atoms with van der Waals surface area (Å²) in [5, 5.41) is 2.93. The number of hydrogen-bond donors (Lipinski definition) is 1. The normalized spacial score (nSPS) is 19.7. The van der Waals surface area contributed by atoms with Crippen LogP contribution in [0.4, 0.5) is 0 Å². The molecule has 1 amide bonds. The lowest BCUT2D eigenvalue weighted by molar-refractivity contribution is -0.126. The Labute approximate surface area is 145 Å². The summed E-state index contributed by atoms with van der Waals surface area (Å²) >= 11 is 0. The second kappa shape index (κ2) is 6.15. The number of amides is 1. The molecular formula is C18H28N2O3S. The highest BCUT2D eigenvalue weighted by atomic mass is 32.2. The van der Waals surface area contributed by atoms with Crippen molar-refractivity contribution in [1.82, 2.24) is 9.62 Å². The van der Waals surface area contributed by atoms with E-state index in [2.05, 4.69) is 5.32 Å². The zero-order valence-corrected chi connectivity index (χ0v) is 16.2. The number of sulfonamides is 1. The Morgan fingerprint density at radius 3 is 2.12 bits per heavy atom. The molecule has 0 saturated carbocycles. The SMILES string of the molecule is CC(C)(C)NC(=O)C1Cc2ccccc2CN1S(=O)(=O)C(C)(C)C. The van der Waals surface area contributed by atoms with Gasteiger partial charge in [-0.3, -0.25) is 4.79 Å². The third-order valence-corrected chi connectivity index (χ3v) is 6.64. The van der Waals surface area contributed by atoms with Gasteiger partial charge in [-0.1, -0.05) is 24.3 Å². The Bertz CT molecular complexity index is 727. The summed E-state index contributed by atoms with van der Waals surface area (Å²) in [6, 6.07) is 7.00. The van der Waals surface area contributed by atoms with Crippen molar-refractivity contribution in [3.8, 4) is 0 Å². The molecule has 0 bridgehead atoms. The van der Waals surface area contributed by atoms with Gasteiger partial charge in [0, 0.05) is 12.1 Å². The Morgan fingerprint density at radius 1 is 1.08 bits per heavy atom. The molecule has 1 aromatic rings. The molecule has 0 spiro atoms. The predicted molar refractivity (Wildman–Crippen MR) is 96.0 cm³/mol. The Balaban J connectivity index is 2.46. The van der Waals surface area contributed by atoms with Crippen LogP contribution in [0.3, 0.4) is 0 Å². The third kappa shape index (κ3) is 3.81. The van der Waals surface area contributed by atoms with Crippen molar-refractivity contribution in [1.29, 1.82) is 0 Å². The van der Waals surface area contributed by atoms with Gasteiger partial charge in [0.2, 0.25) is 15.9 Å². The van der Waals surface area contributed by atoms with Crippen LogP contribution in [0.5, 0.6) is 0 Å². The molecule has 0 radical (unpaired) electrons. The number of nitrogens with zero attached hydrogens (tertiary/aromatic N) is 1. The lowest BCUT2D eigenvalue weighted by Gasteiger charge is -2.39. The van der Waals surface area contributed by atoms with Gasteiger partial charge in [-0.05, 0) is 59.1 Å². The van der Waals surface area contributed by atoms with E-state index in [1.807, 2.05) is 45.0 Å². The fourth-order valence-corrected chi connectivity index (χ4v) is 4.30. The zero-order valence-electron chi connectivity index (χ0n) is 15.4. The van der Waals surface area contributed by atoms with E-state index in [4.69, 9.17) is 0 Å². The van der Waals surface area contributed by atoms with E-state index in [1.54, 1.807) is 20.8 Å². The first kappa shape index (κ1) is 18.9. The minimum absolute atomic E-state index is 0.234. The van der Waals surface area contributed by atoms with E-state index in [0.717, 1.165) is 11.1 Å². The molecule has 1 aliphatic heterocycles. The van der Waals surface area contributed by atoms with Crippen LogP contribution in [0.15, 0.2) is 24.3 Å². The highest BCUT2D eigenvalue weighted by molar-refractivity contribution is 7.90. The summed E-state index contributed by atoms with van der Waals surface area (Å²) in [5.74, 6) is -0.246. The molecule has 1 unspecified atom stereocenters. The van der Waals surface area contributed by atoms with Crippen LogP contribution in [0.25, 0.3) is 0 Å². The number of nitrogens with one attached hydrogen (secondary N) is 1. The van der Waals surface area contributed by atoms with Gasteiger partial charge in [-0.25, -0.2) is 8.42 Å². The number of fused-ring (bicyclic) bond motifs is 1. The van der Waals surface area contributed by atoms with Gasteiger partial charge in [0.1, 0.15) is 6.04 Å². The quantitative estimate of drug-likeness (QED) is 0.889. The maximum Gasteiger partial charge on any atom is 0.239 e. The summed E-state index contributed by atoms with van der Waals surface area (Å²) in [7, 11) is -3.62. The van der Waals surface area contributed by atoms with Crippen molar-refractivity contribution in [2.75, 3.05) is 0 Å². The summed E-state index contributed by atoms with van der Waals surface area (Å²) in [5.41, 5.74) is 1.59. The summed E-state index contributed by atoms with van der Waals surface area (Å²) in [6.45, 7) is 10.9. The van der Waals surface area contributed by atoms with E-state index in [0.29, 0.717) is 6.42 Å². The van der Waals surface area contributed by atoms with Crippen LogP contribution in [-0.2, 0) is 27.8 Å². The van der Waals surface area contributed by atoms with E-state index in [1.165, 1.54) is 4.31 Å². The number of carbonyl (C=O) groups excluding carboxylic acids is 1. The molecule has 0 fully saturated rings. The molecule has 1 atom stereocenters. The van der Waals surface area contributed by atoms with Crippen molar-refractivity contribution in [2.45, 2.75) is 70.8 Å². The first-order valence-corrected chi connectivity index (χ1v) is 9.67. The summed E-state index contributed by atoms with van der Waals surface area (Å²) in [6.07, 6.45) is 0.396. The first-order valence-electron chi connectivity index (χ1n) is 8.23. The van der Waals surface area contributed by atoms with Gasteiger partial charge in [0.25, 0.3) is 0 Å². The van der Waals surface area contributed by atoms with Gasteiger partial charge >= 0.3 is 0 Å². The standard InChI is InChI=1S/C18H28N2O3S/c1-17(2,3)19-16(21)15-11-13-9-7-8-10-14(13)12-20(15)24(22,23)18(4,5)6/h7-10,15H,11-12H2,1-6H3,(H,19,21). The molecule has 6 heteroatoms. The molecular weight excluding hydrogens is 324 g/mol. The lowest BCUT2D eigenvalue weighted by Crippen LogP contribution is -2.58. The molecule has 5 nitrogen and oxygen atoms in total. The molecule has 0 aliphatic carbocycles. The van der Waals surface area contributed by atoms with Crippen LogP contribution in [-0.4, -0.2) is 35.0 Å². The number of hydrogen-bond acceptors (Lipinski definition) is 3. The summed E-state index contributed by atoms with van der Waals surface area (Å²) in [4.78, 5) is 12.8. The van der Waals surface area contributed by atoms with Crippen LogP contribution >= 0.6 is 0 Å². The molecule has 1 aromatic carbocycles. The topological polar surface area (TPSA) is 66.5 Å². The second-order valence-electron chi connectivity index (χ2n) is 8.39. The third-order valence-electron chi connectivity index (χ3n) is 4.09. The van der Waals surface area contributed by atoms with Crippen molar-refractivity contribution in [3.05, 3.63) is 35.4 Å². The largest absolute Gasteiger partial charge is 0.350 e. The van der Waals surface area contributed by atoms with E-state index in [-0.39, 0.29) is 12.5 Å². The molecule has 0 aromatic heterocycles. The average molecular weight is 353 g/mol. The predicted octanol–water partition coefficient (Wildman–Crippen LogP) is 2.46. The fraction of sp³-hybridized carbons (Fsp3) is 0.611. The van der Waals surface area contributed by atoms with E-state index >= 15 is 0 Å². The van der Waals surface area contributed by atoms with Gasteiger partial charge in [0.15, 0.2) is 0 Å². The molecule has 0 saturated heterocycles. The van der Waals surface area contributed by atoms with Crippen molar-refractivity contribution >= 4 is 15.9 Å². The second-order valence-corrected chi connectivity index (χ2v) is 11.0. The Kier molecular flexibility index (Phi) is 4.85. The molecule has 134 valence electrons. The van der Waals surface area contributed by atoms with E-state index < -0.39 is 26.4 Å². The highest BCUT2D eigenvalue weighted by Gasteiger charge is 2.44. The van der Waals surface area contributed by atoms with Crippen LogP contribution < -0.4 is 5.32 Å². The van der Waals surface area contributed by atoms with Crippen LogP contribution in [0, 0.1) is 0 Å². The number of carbonyl (C=O) groups is 1. The Hall–Kier alpha value is -1.40. The minimum Gasteiger partial charge on any atom is -0.350 e. The molecule has 1 aliphatic rings. The van der Waals surface area contributed by atoms with Gasteiger partial charge in [-0.15, -0.1) is 0 Å². The molecule has 2 rings (SSSR count). The van der Waals surface area contributed by atoms with Crippen molar-refractivity contribution < 1.29 is 13.2 Å². The van der Waals surface area contributed by atoms with Crippen molar-refractivity contribution in [2.24, 2.45) is 0 Å². The lowest BCUT2D eigenvalue weighted by atomic mass is 9.95. The first-order chi connectivity index (χ1) is 10.8. The van der Waals surface area contributed by atoms with Crippen LogP contribution in [0.2, 0.25) is 0 Å². The van der Waals surface area contributed by atoms with Crippen LogP contribution in [0.1, 0.15) is 52.7 Å². The van der Waals surface area contributed by atoms with Gasteiger partial charge in [0.05, 0.1) is 4.75 Å². The zero-order chi connectivity index (χ0) is 18.3. The van der Waals surface area contributed by atoms with Gasteiger partial charge in [-0.2, -0.15) is 4.31 Å². The summed E-state index contributed by atoms with van der Waals surface area (Å²) < 4.78 is 26.5. The Morgan fingerprint density at radius 2 is 1.62 bits per heavy atom. The molecule has 24 heavy (non-hydrogen) atoms. The maximum atomic E-state index is 13.0.